The zero-order valence-electron chi connectivity index (χ0n) is 18.2. The van der Waals surface area contributed by atoms with Crippen LogP contribution in [-0.2, 0) is 0 Å². The van der Waals surface area contributed by atoms with Gasteiger partial charge in [-0.25, -0.2) is 9.37 Å². The van der Waals surface area contributed by atoms with Gasteiger partial charge in [-0.1, -0.05) is 36.4 Å². The Morgan fingerprint density at radius 3 is 2.46 bits per heavy atom. The molecule has 1 amide bonds. The number of rotatable bonds is 4. The lowest BCUT2D eigenvalue weighted by Crippen LogP contribution is -2.30. The third kappa shape index (κ3) is 3.54. The summed E-state index contributed by atoms with van der Waals surface area (Å²) in [6, 6.07) is 24.4. The summed E-state index contributed by atoms with van der Waals surface area (Å²) in [6.45, 7) is 0. The predicted octanol–water partition coefficient (Wildman–Crippen LogP) is 5.87. The highest BCUT2D eigenvalue weighted by molar-refractivity contribution is 6.10. The van der Waals surface area contributed by atoms with Crippen LogP contribution in [0.1, 0.15) is 27.7 Å². The highest BCUT2D eigenvalue weighted by Crippen LogP contribution is 2.41. The van der Waals surface area contributed by atoms with Crippen molar-refractivity contribution in [3.63, 3.8) is 0 Å². The standard InChI is InChI=1S/C28H17FN2O4/c29-18-12-13-22-21(16-18)26(32)24-25(31(28(33)27(24)35-22)23-11-4-5-14-30-23)17-7-6-10-20(15-17)34-19-8-2-1-3-9-19/h1-16,25H. The van der Waals surface area contributed by atoms with Crippen LogP contribution in [0.4, 0.5) is 10.2 Å². The maximum atomic E-state index is 14.0. The first-order valence-electron chi connectivity index (χ1n) is 10.9. The Morgan fingerprint density at radius 1 is 0.857 bits per heavy atom. The average molecular weight is 464 g/mol. The summed E-state index contributed by atoms with van der Waals surface area (Å²) in [5, 5.41) is 0.0705. The zero-order chi connectivity index (χ0) is 23.9. The zero-order valence-corrected chi connectivity index (χ0v) is 18.2. The molecular formula is C28H17FN2O4. The Labute approximate surface area is 198 Å². The van der Waals surface area contributed by atoms with E-state index in [-0.39, 0.29) is 22.3 Å². The fourth-order valence-electron chi connectivity index (χ4n) is 4.37. The van der Waals surface area contributed by atoms with E-state index < -0.39 is 23.2 Å². The molecule has 5 aromatic rings. The van der Waals surface area contributed by atoms with Gasteiger partial charge >= 0.3 is 0 Å². The van der Waals surface area contributed by atoms with Gasteiger partial charge in [0.2, 0.25) is 5.76 Å². The van der Waals surface area contributed by atoms with E-state index in [9.17, 15) is 14.0 Å². The van der Waals surface area contributed by atoms with E-state index in [4.69, 9.17) is 9.15 Å². The quantitative estimate of drug-likeness (QED) is 0.333. The topological polar surface area (TPSA) is 72.6 Å². The molecule has 3 aromatic carbocycles. The van der Waals surface area contributed by atoms with Gasteiger partial charge in [-0.15, -0.1) is 0 Å². The normalized spacial score (nSPS) is 14.8. The molecule has 2 aromatic heterocycles. The van der Waals surface area contributed by atoms with Crippen molar-refractivity contribution in [2.45, 2.75) is 6.04 Å². The van der Waals surface area contributed by atoms with E-state index in [0.717, 1.165) is 6.07 Å². The number of fused-ring (bicyclic) bond motifs is 2. The molecule has 6 nitrogen and oxygen atoms in total. The van der Waals surface area contributed by atoms with Crippen molar-refractivity contribution in [1.29, 1.82) is 0 Å². The van der Waals surface area contributed by atoms with Gasteiger partial charge in [0.1, 0.15) is 28.7 Å². The number of amides is 1. The maximum absolute atomic E-state index is 14.0. The van der Waals surface area contributed by atoms with E-state index in [0.29, 0.717) is 22.9 Å². The first-order chi connectivity index (χ1) is 17.1. The lowest BCUT2D eigenvalue weighted by atomic mass is 9.98. The lowest BCUT2D eigenvalue weighted by molar-refractivity contribution is 0.0970. The third-order valence-corrected chi connectivity index (χ3v) is 5.88. The maximum Gasteiger partial charge on any atom is 0.296 e. The second kappa shape index (κ2) is 8.22. The number of pyridine rings is 1. The number of carbonyl (C=O) groups is 1. The Morgan fingerprint density at radius 2 is 1.66 bits per heavy atom. The number of para-hydroxylation sites is 1. The van der Waals surface area contributed by atoms with Crippen LogP contribution in [0, 0.1) is 5.82 Å². The van der Waals surface area contributed by atoms with Gasteiger partial charge in [0, 0.05) is 6.20 Å². The van der Waals surface area contributed by atoms with Crippen molar-refractivity contribution in [2.75, 3.05) is 4.90 Å². The number of nitrogens with zero attached hydrogens (tertiary/aromatic N) is 2. The summed E-state index contributed by atoms with van der Waals surface area (Å²) in [5.41, 5.74) is 0.438. The Balaban J connectivity index is 1.56. The Kier molecular flexibility index (Phi) is 4.88. The molecule has 0 fully saturated rings. The molecule has 6 rings (SSSR count). The molecule has 1 aliphatic heterocycles. The molecule has 35 heavy (non-hydrogen) atoms. The molecule has 0 N–H and O–H groups in total. The molecule has 0 saturated heterocycles. The minimum Gasteiger partial charge on any atom is -0.457 e. The summed E-state index contributed by atoms with van der Waals surface area (Å²) < 4.78 is 25.8. The number of hydrogen-bond donors (Lipinski definition) is 0. The first-order valence-corrected chi connectivity index (χ1v) is 10.9. The molecule has 1 unspecified atom stereocenters. The van der Waals surface area contributed by atoms with Crippen molar-refractivity contribution in [1.82, 2.24) is 4.98 Å². The van der Waals surface area contributed by atoms with Gasteiger partial charge in [-0.3, -0.25) is 14.5 Å². The van der Waals surface area contributed by atoms with Gasteiger partial charge in [0.25, 0.3) is 5.91 Å². The highest BCUT2D eigenvalue weighted by atomic mass is 19.1. The second-order valence-electron chi connectivity index (χ2n) is 8.07. The minimum atomic E-state index is -0.837. The van der Waals surface area contributed by atoms with Crippen LogP contribution in [-0.4, -0.2) is 10.9 Å². The number of hydrogen-bond acceptors (Lipinski definition) is 5. The molecule has 0 aliphatic carbocycles. The van der Waals surface area contributed by atoms with E-state index in [1.165, 1.54) is 17.0 Å². The van der Waals surface area contributed by atoms with Crippen molar-refractivity contribution >= 4 is 22.7 Å². The van der Waals surface area contributed by atoms with Crippen molar-refractivity contribution in [3.05, 3.63) is 130 Å². The van der Waals surface area contributed by atoms with Crippen LogP contribution in [0.15, 0.2) is 106 Å². The summed E-state index contributed by atoms with van der Waals surface area (Å²) >= 11 is 0. The fourth-order valence-corrected chi connectivity index (χ4v) is 4.37. The summed E-state index contributed by atoms with van der Waals surface area (Å²) in [5.74, 6) is 0.394. The summed E-state index contributed by atoms with van der Waals surface area (Å²) in [6.07, 6.45) is 1.57. The van der Waals surface area contributed by atoms with E-state index in [1.54, 1.807) is 48.7 Å². The van der Waals surface area contributed by atoms with Crippen LogP contribution in [0.2, 0.25) is 0 Å². The predicted molar refractivity (Wildman–Crippen MR) is 128 cm³/mol. The molecule has 0 radical (unpaired) electrons. The molecule has 170 valence electrons. The number of anilines is 1. The van der Waals surface area contributed by atoms with Gasteiger partial charge in [0.05, 0.1) is 17.0 Å². The smallest absolute Gasteiger partial charge is 0.296 e. The van der Waals surface area contributed by atoms with Crippen LogP contribution in [0.25, 0.3) is 11.0 Å². The molecule has 7 heteroatoms. The fraction of sp³-hybridized carbons (Fsp3) is 0.0357. The summed E-state index contributed by atoms with van der Waals surface area (Å²) in [7, 11) is 0. The molecule has 1 aliphatic rings. The molecule has 0 spiro atoms. The first kappa shape index (κ1) is 20.8. The van der Waals surface area contributed by atoms with Gasteiger partial charge in [0.15, 0.2) is 5.43 Å². The molecule has 3 heterocycles. The Bertz CT molecular complexity index is 1630. The number of aromatic nitrogens is 1. The van der Waals surface area contributed by atoms with Crippen LogP contribution < -0.4 is 15.1 Å². The number of carbonyl (C=O) groups excluding carboxylic acids is 1. The average Bonchev–Trinajstić information content (AvgIpc) is 3.18. The summed E-state index contributed by atoms with van der Waals surface area (Å²) in [4.78, 5) is 32.9. The van der Waals surface area contributed by atoms with Crippen molar-refractivity contribution in [2.24, 2.45) is 0 Å². The SMILES string of the molecule is O=C1c2oc3ccc(F)cc3c(=O)c2C(c2cccc(Oc3ccccc3)c2)N1c1ccccn1. The highest BCUT2D eigenvalue weighted by Gasteiger charge is 2.44. The van der Waals surface area contributed by atoms with Crippen molar-refractivity contribution < 1.29 is 18.3 Å². The van der Waals surface area contributed by atoms with Crippen LogP contribution >= 0.6 is 0 Å². The third-order valence-electron chi connectivity index (χ3n) is 5.88. The largest absolute Gasteiger partial charge is 0.457 e. The molecular weight excluding hydrogens is 447 g/mol. The monoisotopic (exact) mass is 464 g/mol. The second-order valence-corrected chi connectivity index (χ2v) is 8.07. The van der Waals surface area contributed by atoms with E-state index in [2.05, 4.69) is 4.98 Å². The number of benzene rings is 3. The number of halogens is 1. The molecule has 0 bridgehead atoms. The Hall–Kier alpha value is -4.78. The van der Waals surface area contributed by atoms with E-state index >= 15 is 0 Å². The van der Waals surface area contributed by atoms with Crippen molar-refractivity contribution in [3.8, 4) is 11.5 Å². The van der Waals surface area contributed by atoms with Crippen LogP contribution in [0.5, 0.6) is 11.5 Å². The molecule has 0 saturated carbocycles. The minimum absolute atomic E-state index is 0.0705. The van der Waals surface area contributed by atoms with E-state index in [1.807, 2.05) is 30.3 Å². The van der Waals surface area contributed by atoms with Crippen LogP contribution in [0.3, 0.4) is 0 Å². The van der Waals surface area contributed by atoms with Gasteiger partial charge < -0.3 is 9.15 Å². The lowest BCUT2D eigenvalue weighted by Gasteiger charge is -2.24. The number of ether oxygens (including phenoxy) is 1. The van der Waals surface area contributed by atoms with Gasteiger partial charge in [-0.05, 0) is 60.2 Å². The van der Waals surface area contributed by atoms with Gasteiger partial charge in [-0.2, -0.15) is 0 Å². The molecule has 1 atom stereocenters.